The predicted molar refractivity (Wildman–Crippen MR) is 91.4 cm³/mol. The summed E-state index contributed by atoms with van der Waals surface area (Å²) >= 11 is 0. The predicted octanol–water partition coefficient (Wildman–Crippen LogP) is 2.42. The standard InChI is InChI=1S/C18H22N4O3/c23-17(13-7-9-14(10-8-13)22-12-11-19-21-22)20-16-6-4-2-1-3-5-15(16)18(24)25/h7-12,15-16H,1-6H2,(H,20,23)(H,24,25). The molecule has 0 saturated heterocycles. The van der Waals surface area contributed by atoms with E-state index in [0.29, 0.717) is 18.4 Å². The van der Waals surface area contributed by atoms with Crippen LogP contribution in [0.5, 0.6) is 0 Å². The van der Waals surface area contributed by atoms with Gasteiger partial charge in [0.25, 0.3) is 5.91 Å². The summed E-state index contributed by atoms with van der Waals surface area (Å²) in [7, 11) is 0. The van der Waals surface area contributed by atoms with Crippen molar-refractivity contribution in [2.24, 2.45) is 5.92 Å². The Bertz CT molecular complexity index is 712. The molecule has 132 valence electrons. The summed E-state index contributed by atoms with van der Waals surface area (Å²) in [5.74, 6) is -1.57. The average Bonchev–Trinajstić information content (AvgIpc) is 3.11. The van der Waals surface area contributed by atoms with Crippen LogP contribution in [0.2, 0.25) is 0 Å². The molecule has 7 heteroatoms. The first-order valence-corrected chi connectivity index (χ1v) is 8.65. The fraction of sp³-hybridized carbons (Fsp3) is 0.444. The Labute approximate surface area is 146 Å². The van der Waals surface area contributed by atoms with Gasteiger partial charge in [0.2, 0.25) is 0 Å². The van der Waals surface area contributed by atoms with Gasteiger partial charge in [-0.15, -0.1) is 5.10 Å². The van der Waals surface area contributed by atoms with E-state index in [2.05, 4.69) is 15.6 Å². The number of hydrogen-bond donors (Lipinski definition) is 2. The number of aliphatic carboxylic acids is 1. The Morgan fingerprint density at radius 1 is 1.08 bits per heavy atom. The zero-order chi connectivity index (χ0) is 17.6. The van der Waals surface area contributed by atoms with E-state index in [4.69, 9.17) is 0 Å². The maximum Gasteiger partial charge on any atom is 0.308 e. The van der Waals surface area contributed by atoms with Crippen molar-refractivity contribution >= 4 is 11.9 Å². The molecule has 3 rings (SSSR count). The van der Waals surface area contributed by atoms with Crippen LogP contribution in [0.3, 0.4) is 0 Å². The molecule has 2 aromatic rings. The van der Waals surface area contributed by atoms with E-state index >= 15 is 0 Å². The van der Waals surface area contributed by atoms with E-state index in [9.17, 15) is 14.7 Å². The van der Waals surface area contributed by atoms with Crippen molar-refractivity contribution in [3.05, 3.63) is 42.2 Å². The van der Waals surface area contributed by atoms with Gasteiger partial charge in [-0.25, -0.2) is 4.68 Å². The molecule has 1 aliphatic rings. The fourth-order valence-electron chi connectivity index (χ4n) is 3.32. The third-order valence-corrected chi connectivity index (χ3v) is 4.72. The second kappa shape index (κ2) is 7.92. The van der Waals surface area contributed by atoms with E-state index in [-0.39, 0.29) is 11.9 Å². The van der Waals surface area contributed by atoms with Crippen LogP contribution in [0.4, 0.5) is 0 Å². The summed E-state index contributed by atoms with van der Waals surface area (Å²) < 4.78 is 1.61. The Kier molecular flexibility index (Phi) is 5.42. The number of carboxylic acids is 1. The minimum atomic E-state index is -0.825. The molecule has 1 fully saturated rings. The zero-order valence-electron chi connectivity index (χ0n) is 14.0. The van der Waals surface area contributed by atoms with Crippen LogP contribution < -0.4 is 5.32 Å². The molecule has 7 nitrogen and oxygen atoms in total. The Hall–Kier alpha value is -2.70. The van der Waals surface area contributed by atoms with E-state index in [1.54, 1.807) is 41.3 Å². The van der Waals surface area contributed by atoms with Crippen molar-refractivity contribution in [2.75, 3.05) is 0 Å². The normalized spacial score (nSPS) is 21.1. The van der Waals surface area contributed by atoms with Gasteiger partial charge < -0.3 is 10.4 Å². The highest BCUT2D eigenvalue weighted by atomic mass is 16.4. The molecule has 2 atom stereocenters. The van der Waals surface area contributed by atoms with E-state index < -0.39 is 11.9 Å². The van der Waals surface area contributed by atoms with E-state index in [1.807, 2.05) is 0 Å². The summed E-state index contributed by atoms with van der Waals surface area (Å²) in [6.07, 6.45) is 8.63. The van der Waals surface area contributed by atoms with Gasteiger partial charge in [-0.1, -0.05) is 30.9 Å². The van der Waals surface area contributed by atoms with E-state index in [1.165, 1.54) is 0 Å². The van der Waals surface area contributed by atoms with Crippen LogP contribution in [0, 0.1) is 5.92 Å². The molecule has 0 bridgehead atoms. The van der Waals surface area contributed by atoms with Gasteiger partial charge >= 0.3 is 5.97 Å². The monoisotopic (exact) mass is 342 g/mol. The van der Waals surface area contributed by atoms with Crippen LogP contribution in [0.15, 0.2) is 36.7 Å². The summed E-state index contributed by atoms with van der Waals surface area (Å²) in [5, 5.41) is 20.1. The van der Waals surface area contributed by atoms with Crippen molar-refractivity contribution in [2.45, 2.75) is 44.6 Å². The molecule has 1 heterocycles. The van der Waals surface area contributed by atoms with Crippen LogP contribution >= 0.6 is 0 Å². The topological polar surface area (TPSA) is 97.1 Å². The van der Waals surface area contributed by atoms with Gasteiger partial charge in [-0.05, 0) is 37.1 Å². The first-order chi connectivity index (χ1) is 12.1. The molecule has 1 aromatic heterocycles. The lowest BCUT2D eigenvalue weighted by atomic mass is 9.86. The molecule has 0 radical (unpaired) electrons. The van der Waals surface area contributed by atoms with Gasteiger partial charge in [0.05, 0.1) is 24.0 Å². The third kappa shape index (κ3) is 4.23. The second-order valence-corrected chi connectivity index (χ2v) is 6.41. The summed E-state index contributed by atoms with van der Waals surface area (Å²) in [5.41, 5.74) is 1.32. The van der Waals surface area contributed by atoms with Crippen molar-refractivity contribution < 1.29 is 14.7 Å². The van der Waals surface area contributed by atoms with Gasteiger partial charge in [-0.3, -0.25) is 9.59 Å². The fourth-order valence-corrected chi connectivity index (χ4v) is 3.32. The molecular weight excluding hydrogens is 320 g/mol. The highest BCUT2D eigenvalue weighted by Crippen LogP contribution is 2.23. The molecule has 2 unspecified atom stereocenters. The number of rotatable bonds is 4. The summed E-state index contributed by atoms with van der Waals surface area (Å²) in [6, 6.07) is 6.68. The van der Waals surface area contributed by atoms with Gasteiger partial charge in [0, 0.05) is 11.6 Å². The molecule has 1 amide bonds. The van der Waals surface area contributed by atoms with Gasteiger partial charge in [-0.2, -0.15) is 0 Å². The van der Waals surface area contributed by atoms with Crippen molar-refractivity contribution in [1.29, 1.82) is 0 Å². The maximum atomic E-state index is 12.5. The van der Waals surface area contributed by atoms with Crippen LogP contribution in [-0.2, 0) is 4.79 Å². The second-order valence-electron chi connectivity index (χ2n) is 6.41. The number of carbonyl (C=O) groups is 2. The zero-order valence-corrected chi connectivity index (χ0v) is 14.0. The molecule has 2 N–H and O–H groups in total. The quantitative estimate of drug-likeness (QED) is 0.889. The minimum absolute atomic E-state index is 0.234. The largest absolute Gasteiger partial charge is 0.481 e. The third-order valence-electron chi connectivity index (χ3n) is 4.72. The Morgan fingerprint density at radius 2 is 1.80 bits per heavy atom. The lowest BCUT2D eigenvalue weighted by molar-refractivity contribution is -0.143. The SMILES string of the molecule is O=C(NC1CCCCCCC1C(=O)O)c1ccc(-n2ccnn2)cc1. The lowest BCUT2D eigenvalue weighted by Crippen LogP contribution is -2.43. The summed E-state index contributed by atoms with van der Waals surface area (Å²) in [4.78, 5) is 24.1. The summed E-state index contributed by atoms with van der Waals surface area (Å²) in [6.45, 7) is 0. The first kappa shape index (κ1) is 17.1. The Morgan fingerprint density at radius 3 is 2.44 bits per heavy atom. The number of carbonyl (C=O) groups excluding carboxylic acids is 1. The van der Waals surface area contributed by atoms with E-state index in [0.717, 1.165) is 31.4 Å². The number of nitrogens with zero attached hydrogens (tertiary/aromatic N) is 3. The smallest absolute Gasteiger partial charge is 0.308 e. The Balaban J connectivity index is 1.70. The molecule has 1 aromatic carbocycles. The number of amides is 1. The first-order valence-electron chi connectivity index (χ1n) is 8.65. The number of benzene rings is 1. The van der Waals surface area contributed by atoms with Crippen molar-refractivity contribution in [1.82, 2.24) is 20.3 Å². The number of aromatic nitrogens is 3. The highest BCUT2D eigenvalue weighted by molar-refractivity contribution is 5.94. The van der Waals surface area contributed by atoms with Crippen LogP contribution in [0.25, 0.3) is 5.69 Å². The average molecular weight is 342 g/mol. The number of carboxylic acid groups (broad SMARTS) is 1. The molecule has 1 saturated carbocycles. The molecular formula is C18H22N4O3. The van der Waals surface area contributed by atoms with Crippen LogP contribution in [-0.4, -0.2) is 38.0 Å². The lowest BCUT2D eigenvalue weighted by Gasteiger charge is -2.27. The highest BCUT2D eigenvalue weighted by Gasteiger charge is 2.30. The van der Waals surface area contributed by atoms with Crippen molar-refractivity contribution in [3.8, 4) is 5.69 Å². The molecule has 25 heavy (non-hydrogen) atoms. The van der Waals surface area contributed by atoms with Gasteiger partial charge in [0.15, 0.2) is 0 Å². The number of hydrogen-bond acceptors (Lipinski definition) is 4. The maximum absolute atomic E-state index is 12.5. The number of nitrogens with one attached hydrogen (secondary N) is 1. The van der Waals surface area contributed by atoms with Crippen molar-refractivity contribution in [3.63, 3.8) is 0 Å². The molecule has 1 aliphatic carbocycles. The molecule has 0 aliphatic heterocycles. The van der Waals surface area contributed by atoms with Crippen LogP contribution in [0.1, 0.15) is 48.9 Å². The molecule has 0 spiro atoms. The van der Waals surface area contributed by atoms with Gasteiger partial charge in [0.1, 0.15) is 0 Å². The minimum Gasteiger partial charge on any atom is -0.481 e.